The normalized spacial score (nSPS) is 10.9. The molecule has 0 atom stereocenters. The number of carbonyl (C=O) groups is 4. The van der Waals surface area contributed by atoms with Crippen LogP contribution in [-0.4, -0.2) is 75.5 Å². The summed E-state index contributed by atoms with van der Waals surface area (Å²) in [5.41, 5.74) is 13.4. The number of carbonyl (C=O) groups excluding carboxylic acids is 4. The highest BCUT2D eigenvalue weighted by molar-refractivity contribution is 6.31. The Labute approximate surface area is 470 Å². The van der Waals surface area contributed by atoms with Gasteiger partial charge in [0, 0.05) is 60.0 Å². The number of rotatable bonds is 11. The molecule has 0 fully saturated rings. The van der Waals surface area contributed by atoms with Crippen LogP contribution < -0.4 is 21.7 Å². The Kier molecular flexibility index (Phi) is 19.1. The lowest BCUT2D eigenvalue weighted by atomic mass is 10.1. The van der Waals surface area contributed by atoms with Crippen molar-refractivity contribution in [3.63, 3.8) is 0 Å². The molecule has 0 saturated carbocycles. The van der Waals surface area contributed by atoms with E-state index in [0.29, 0.717) is 54.9 Å². The molecule has 6 heterocycles. The lowest BCUT2D eigenvalue weighted by molar-refractivity contribution is -0.156. The van der Waals surface area contributed by atoms with E-state index in [1.54, 1.807) is 64.1 Å². The standard InChI is InChI=1S/C29H27ClN8O3.C24H19ClN8O.C2HF3O/c1-16-6-25(36-28(40)41-29(3,4)5)35-17(2)22(16)13-34-27(39)23-15-38(37-24(23)11-32)14-18-7-19-9-21(30)12-33-26(19)20(8-18)10-31;1-13-3-22(28)31-14(2)19(13)10-30-24(34)20-12-33(32-21(20)8-27)11-15-4-16-6-18(25)9-29-23(16)17(5-15)7-26;3-2(4,5)1-6/h6-9,12,15H,13-14H2,1-5H3,(H,34,39)(H,35,36,40);3-6,9,12H,10-11H2,1-2H3,(H2,28,31)(H,30,34);1H. The molecule has 0 unspecified atom stereocenters. The molecular weight excluding hydrogens is 1090 g/mol. The van der Waals surface area contributed by atoms with E-state index in [-0.39, 0.29) is 48.7 Å². The molecular formula is C55H47Cl2F3N16O5. The van der Waals surface area contributed by atoms with Crippen molar-refractivity contribution in [2.75, 3.05) is 11.1 Å². The number of halogens is 5. The first-order valence-electron chi connectivity index (χ1n) is 23.9. The van der Waals surface area contributed by atoms with Gasteiger partial charge in [-0.05, 0) is 130 Å². The van der Waals surface area contributed by atoms with Crippen LogP contribution in [0.5, 0.6) is 0 Å². The van der Waals surface area contributed by atoms with Crippen molar-refractivity contribution in [1.29, 1.82) is 21.0 Å². The quantitative estimate of drug-likeness (QED) is 0.0876. The Morgan fingerprint density at radius 2 is 1.11 bits per heavy atom. The maximum Gasteiger partial charge on any atom is 0.446 e. The Bertz CT molecular complexity index is 3910. The topological polar surface area (TPSA) is 322 Å². The van der Waals surface area contributed by atoms with Gasteiger partial charge < -0.3 is 21.1 Å². The molecule has 0 aliphatic heterocycles. The van der Waals surface area contributed by atoms with E-state index >= 15 is 0 Å². The summed E-state index contributed by atoms with van der Waals surface area (Å²) in [6, 6.07) is 22.2. The maximum absolute atomic E-state index is 13.1. The van der Waals surface area contributed by atoms with Crippen molar-refractivity contribution in [3.05, 3.63) is 162 Å². The Hall–Kier alpha value is -10.0. The van der Waals surface area contributed by atoms with Gasteiger partial charge in [0.25, 0.3) is 11.8 Å². The zero-order valence-corrected chi connectivity index (χ0v) is 45.7. The first-order valence-corrected chi connectivity index (χ1v) is 24.7. The van der Waals surface area contributed by atoms with Gasteiger partial charge in [0.2, 0.25) is 6.29 Å². The molecule has 21 nitrogen and oxygen atoms in total. The number of nitrogen functional groups attached to an aromatic ring is 1. The molecule has 0 radical (unpaired) electrons. The molecule has 3 amide bonds. The number of nitrogens with one attached hydrogen (secondary N) is 3. The molecule has 0 saturated heterocycles. The summed E-state index contributed by atoms with van der Waals surface area (Å²) in [6.45, 7) is 13.5. The van der Waals surface area contributed by atoms with Crippen LogP contribution in [0, 0.1) is 73.0 Å². The number of nitrogens with zero attached hydrogens (tertiary/aromatic N) is 12. The fourth-order valence-electron chi connectivity index (χ4n) is 8.08. The van der Waals surface area contributed by atoms with E-state index in [1.807, 2.05) is 45.0 Å². The lowest BCUT2D eigenvalue weighted by Crippen LogP contribution is -2.28. The lowest BCUT2D eigenvalue weighted by Gasteiger charge is -2.20. The van der Waals surface area contributed by atoms with Gasteiger partial charge in [-0.15, -0.1) is 0 Å². The molecule has 5 N–H and O–H groups in total. The van der Waals surface area contributed by atoms with E-state index in [1.165, 1.54) is 34.2 Å². The second-order valence-corrected chi connectivity index (χ2v) is 19.7. The van der Waals surface area contributed by atoms with Gasteiger partial charge in [-0.2, -0.15) is 44.4 Å². The Morgan fingerprint density at radius 1 is 0.679 bits per heavy atom. The minimum atomic E-state index is -4.64. The van der Waals surface area contributed by atoms with Crippen molar-refractivity contribution >= 4 is 80.8 Å². The minimum Gasteiger partial charge on any atom is -0.444 e. The van der Waals surface area contributed by atoms with Gasteiger partial charge in [-0.3, -0.25) is 39.0 Å². The van der Waals surface area contributed by atoms with Crippen molar-refractivity contribution < 1.29 is 37.1 Å². The third kappa shape index (κ3) is 16.0. The number of nitrogens with two attached hydrogens (primary N) is 1. The number of nitriles is 4. The number of hydrogen-bond donors (Lipinski definition) is 4. The number of amides is 3. The van der Waals surface area contributed by atoms with Crippen LogP contribution in [0.15, 0.2) is 73.3 Å². The van der Waals surface area contributed by atoms with Crippen LogP contribution in [0.3, 0.4) is 0 Å². The van der Waals surface area contributed by atoms with Crippen LogP contribution >= 0.6 is 23.2 Å². The fourth-order valence-corrected chi connectivity index (χ4v) is 8.41. The molecule has 412 valence electrons. The number of fused-ring (bicyclic) bond motifs is 2. The molecule has 26 heteroatoms. The average Bonchev–Trinajstić information content (AvgIpc) is 4.00. The molecule has 0 aliphatic rings. The van der Waals surface area contributed by atoms with Gasteiger partial charge in [0.1, 0.15) is 41.5 Å². The van der Waals surface area contributed by atoms with Crippen molar-refractivity contribution in [2.24, 2.45) is 0 Å². The van der Waals surface area contributed by atoms with Gasteiger partial charge in [0.15, 0.2) is 11.4 Å². The highest BCUT2D eigenvalue weighted by atomic mass is 35.5. The maximum atomic E-state index is 13.1. The summed E-state index contributed by atoms with van der Waals surface area (Å²) < 4.78 is 39.5. The predicted octanol–water partition coefficient (Wildman–Crippen LogP) is 9.31. The smallest absolute Gasteiger partial charge is 0.444 e. The molecule has 8 aromatic rings. The minimum absolute atomic E-state index is 0.00684. The zero-order chi connectivity index (χ0) is 59.5. The number of alkyl halides is 3. The Balaban J connectivity index is 0.000000240. The second-order valence-electron chi connectivity index (χ2n) is 18.8. The first kappa shape index (κ1) is 60.2. The molecule has 8 rings (SSSR count). The van der Waals surface area contributed by atoms with Gasteiger partial charge >= 0.3 is 12.3 Å². The average molecular weight is 1140 g/mol. The third-order valence-corrected chi connectivity index (χ3v) is 11.9. The number of aromatic nitrogens is 8. The number of aldehydes is 1. The molecule has 0 bridgehead atoms. The van der Waals surface area contributed by atoms with Crippen LogP contribution in [0.1, 0.15) is 109 Å². The largest absolute Gasteiger partial charge is 0.446 e. The summed E-state index contributed by atoms with van der Waals surface area (Å²) in [7, 11) is 0. The molecule has 2 aromatic carbocycles. The van der Waals surface area contributed by atoms with Crippen LogP contribution in [0.25, 0.3) is 21.8 Å². The van der Waals surface area contributed by atoms with Gasteiger partial charge in [0.05, 0.1) is 56.4 Å². The summed E-state index contributed by atoms with van der Waals surface area (Å²) in [5.74, 6) is -0.145. The van der Waals surface area contributed by atoms with Crippen LogP contribution in [-0.2, 0) is 35.7 Å². The number of ether oxygens (including phenoxy) is 1. The van der Waals surface area contributed by atoms with E-state index in [2.05, 4.69) is 58.2 Å². The highest BCUT2D eigenvalue weighted by Crippen LogP contribution is 2.26. The summed E-state index contributed by atoms with van der Waals surface area (Å²) in [6.07, 6.45) is -0.332. The number of anilines is 2. The van der Waals surface area contributed by atoms with E-state index in [9.17, 15) is 48.6 Å². The summed E-state index contributed by atoms with van der Waals surface area (Å²) >= 11 is 12.1. The van der Waals surface area contributed by atoms with E-state index in [0.717, 1.165) is 44.5 Å². The van der Waals surface area contributed by atoms with E-state index < -0.39 is 36.0 Å². The highest BCUT2D eigenvalue weighted by Gasteiger charge is 2.25. The first-order chi connectivity index (χ1) is 38.2. The van der Waals surface area contributed by atoms with Crippen LogP contribution in [0.4, 0.5) is 29.6 Å². The summed E-state index contributed by atoms with van der Waals surface area (Å²) in [5, 5.41) is 57.3. The molecule has 6 aromatic heterocycles. The predicted molar refractivity (Wildman–Crippen MR) is 291 cm³/mol. The second kappa shape index (κ2) is 25.6. The zero-order valence-electron chi connectivity index (χ0n) is 44.2. The monoisotopic (exact) mass is 1140 g/mol. The van der Waals surface area contributed by atoms with Crippen LogP contribution in [0.2, 0.25) is 10.0 Å². The fraction of sp³-hybridized carbons (Fsp3) is 0.236. The van der Waals surface area contributed by atoms with Gasteiger partial charge in [-0.1, -0.05) is 23.2 Å². The molecule has 0 aliphatic carbocycles. The SMILES string of the molecule is Cc1cc(N)nc(C)c1CNC(=O)c1cn(Cc2cc(C#N)c3ncc(Cl)cc3c2)nc1C#N.Cc1cc(NC(=O)OC(C)(C)C)nc(C)c1CNC(=O)c1cn(Cc2cc(C#N)c3ncc(Cl)cc3c2)nc1C#N.O=CC(F)(F)F. The summed E-state index contributed by atoms with van der Waals surface area (Å²) in [4.78, 5) is 63.8. The molecule has 81 heavy (non-hydrogen) atoms. The Morgan fingerprint density at radius 3 is 1.49 bits per heavy atom. The van der Waals surface area contributed by atoms with Gasteiger partial charge in [-0.25, -0.2) is 14.8 Å². The number of hydrogen-bond acceptors (Lipinski definition) is 16. The third-order valence-electron chi connectivity index (χ3n) is 11.5. The molecule has 0 spiro atoms. The number of pyridine rings is 4. The number of benzene rings is 2. The van der Waals surface area contributed by atoms with Crippen molar-refractivity contribution in [2.45, 2.75) is 86.4 Å². The van der Waals surface area contributed by atoms with E-state index in [4.69, 9.17) is 38.5 Å². The van der Waals surface area contributed by atoms with Crippen molar-refractivity contribution in [1.82, 2.24) is 50.1 Å². The van der Waals surface area contributed by atoms with Crippen molar-refractivity contribution in [3.8, 4) is 24.3 Å². The number of aryl methyl sites for hydroxylation is 4.